The average molecular weight is 284 g/mol. The zero-order chi connectivity index (χ0) is 14.7. The third-order valence-electron chi connectivity index (χ3n) is 4.24. The van der Waals surface area contributed by atoms with Crippen molar-refractivity contribution in [3.05, 3.63) is 36.0 Å². The molecule has 21 heavy (non-hydrogen) atoms. The van der Waals surface area contributed by atoms with Crippen LogP contribution < -0.4 is 4.90 Å². The highest BCUT2D eigenvalue weighted by molar-refractivity contribution is 5.92. The Morgan fingerprint density at radius 1 is 1.33 bits per heavy atom. The van der Waals surface area contributed by atoms with Gasteiger partial charge in [0.25, 0.3) is 0 Å². The number of para-hydroxylation sites is 1. The fourth-order valence-electron chi connectivity index (χ4n) is 3.25. The van der Waals surface area contributed by atoms with Gasteiger partial charge in [-0.1, -0.05) is 18.2 Å². The SMILES string of the molecule is CCOCC1CCCN(c2cc(C)nc3ccccc23)C1. The molecule has 2 aromatic rings. The van der Waals surface area contributed by atoms with Crippen LogP contribution >= 0.6 is 0 Å². The van der Waals surface area contributed by atoms with E-state index in [4.69, 9.17) is 4.74 Å². The largest absolute Gasteiger partial charge is 0.381 e. The lowest BCUT2D eigenvalue weighted by Crippen LogP contribution is -2.37. The first-order chi connectivity index (χ1) is 10.3. The molecule has 1 aromatic carbocycles. The van der Waals surface area contributed by atoms with Crippen LogP contribution in [-0.4, -0.2) is 31.3 Å². The first kappa shape index (κ1) is 14.3. The third kappa shape index (κ3) is 3.18. The maximum Gasteiger partial charge on any atom is 0.0726 e. The number of aryl methyl sites for hydroxylation is 1. The molecule has 0 aliphatic carbocycles. The molecule has 0 radical (unpaired) electrons. The molecule has 0 spiro atoms. The minimum absolute atomic E-state index is 0.644. The van der Waals surface area contributed by atoms with Crippen LogP contribution in [-0.2, 0) is 4.74 Å². The number of piperidine rings is 1. The Labute approximate surface area is 126 Å². The van der Waals surface area contributed by atoms with Gasteiger partial charge in [0.15, 0.2) is 0 Å². The summed E-state index contributed by atoms with van der Waals surface area (Å²) in [5.74, 6) is 0.644. The smallest absolute Gasteiger partial charge is 0.0726 e. The van der Waals surface area contributed by atoms with Crippen LogP contribution in [0.5, 0.6) is 0 Å². The van der Waals surface area contributed by atoms with E-state index in [1.807, 2.05) is 0 Å². The minimum Gasteiger partial charge on any atom is -0.381 e. The van der Waals surface area contributed by atoms with Crippen molar-refractivity contribution < 1.29 is 4.74 Å². The second-order valence-electron chi connectivity index (χ2n) is 5.91. The van der Waals surface area contributed by atoms with E-state index >= 15 is 0 Å². The number of pyridine rings is 1. The molecule has 1 aromatic heterocycles. The van der Waals surface area contributed by atoms with Crippen molar-refractivity contribution in [2.75, 3.05) is 31.2 Å². The molecule has 1 unspecified atom stereocenters. The van der Waals surface area contributed by atoms with Crippen molar-refractivity contribution in [3.63, 3.8) is 0 Å². The van der Waals surface area contributed by atoms with E-state index in [0.29, 0.717) is 5.92 Å². The molecule has 2 heterocycles. The third-order valence-corrected chi connectivity index (χ3v) is 4.24. The van der Waals surface area contributed by atoms with Crippen LogP contribution in [0.15, 0.2) is 30.3 Å². The van der Waals surface area contributed by atoms with E-state index in [0.717, 1.165) is 37.5 Å². The van der Waals surface area contributed by atoms with E-state index in [1.54, 1.807) is 0 Å². The van der Waals surface area contributed by atoms with Crippen LogP contribution in [0.3, 0.4) is 0 Å². The van der Waals surface area contributed by atoms with Crippen molar-refractivity contribution in [1.29, 1.82) is 0 Å². The Hall–Kier alpha value is -1.61. The monoisotopic (exact) mass is 284 g/mol. The molecule has 3 rings (SSSR count). The Morgan fingerprint density at radius 3 is 3.05 bits per heavy atom. The molecule has 0 N–H and O–H groups in total. The summed E-state index contributed by atoms with van der Waals surface area (Å²) in [6.45, 7) is 8.07. The van der Waals surface area contributed by atoms with Crippen molar-refractivity contribution in [2.45, 2.75) is 26.7 Å². The average Bonchev–Trinajstić information content (AvgIpc) is 2.52. The normalized spacial score (nSPS) is 19.1. The summed E-state index contributed by atoms with van der Waals surface area (Å²) in [5.41, 5.74) is 3.52. The van der Waals surface area contributed by atoms with Crippen molar-refractivity contribution in [2.24, 2.45) is 5.92 Å². The van der Waals surface area contributed by atoms with Gasteiger partial charge in [-0.05, 0) is 44.7 Å². The number of nitrogens with zero attached hydrogens (tertiary/aromatic N) is 2. The van der Waals surface area contributed by atoms with Crippen LogP contribution in [0.2, 0.25) is 0 Å². The zero-order valence-corrected chi connectivity index (χ0v) is 13.0. The molecule has 0 saturated carbocycles. The van der Waals surface area contributed by atoms with Crippen LogP contribution in [0.4, 0.5) is 5.69 Å². The van der Waals surface area contributed by atoms with E-state index in [9.17, 15) is 0 Å². The van der Waals surface area contributed by atoms with Gasteiger partial charge < -0.3 is 9.64 Å². The van der Waals surface area contributed by atoms with Gasteiger partial charge in [0.05, 0.1) is 12.1 Å². The van der Waals surface area contributed by atoms with Gasteiger partial charge in [0, 0.05) is 36.5 Å². The highest BCUT2D eigenvalue weighted by atomic mass is 16.5. The molecular weight excluding hydrogens is 260 g/mol. The molecule has 0 amide bonds. The number of ether oxygens (including phenoxy) is 1. The molecule has 1 aliphatic rings. The van der Waals surface area contributed by atoms with Gasteiger partial charge in [0.2, 0.25) is 0 Å². The number of hydrogen-bond donors (Lipinski definition) is 0. The Bertz CT molecular complexity index is 611. The van der Waals surface area contributed by atoms with Crippen molar-refractivity contribution >= 4 is 16.6 Å². The molecule has 3 heteroatoms. The second-order valence-corrected chi connectivity index (χ2v) is 5.91. The van der Waals surface area contributed by atoms with E-state index < -0.39 is 0 Å². The number of benzene rings is 1. The Kier molecular flexibility index (Phi) is 4.39. The quantitative estimate of drug-likeness (QED) is 0.854. The van der Waals surface area contributed by atoms with Crippen LogP contribution in [0, 0.1) is 12.8 Å². The van der Waals surface area contributed by atoms with Gasteiger partial charge in [0.1, 0.15) is 0 Å². The van der Waals surface area contributed by atoms with Crippen LogP contribution in [0.1, 0.15) is 25.5 Å². The molecule has 1 atom stereocenters. The second kappa shape index (κ2) is 6.44. The summed E-state index contributed by atoms with van der Waals surface area (Å²) in [5, 5.41) is 1.26. The molecular formula is C18H24N2O. The Balaban J connectivity index is 1.89. The summed E-state index contributed by atoms with van der Waals surface area (Å²) in [7, 11) is 0. The number of hydrogen-bond acceptors (Lipinski definition) is 3. The summed E-state index contributed by atoms with van der Waals surface area (Å²) in [6.07, 6.45) is 2.52. The minimum atomic E-state index is 0.644. The predicted octanol–water partition coefficient (Wildman–Crippen LogP) is 3.80. The topological polar surface area (TPSA) is 25.4 Å². The fraction of sp³-hybridized carbons (Fsp3) is 0.500. The lowest BCUT2D eigenvalue weighted by atomic mass is 9.97. The fourth-order valence-corrected chi connectivity index (χ4v) is 3.25. The van der Waals surface area contributed by atoms with Gasteiger partial charge >= 0.3 is 0 Å². The number of fused-ring (bicyclic) bond motifs is 1. The highest BCUT2D eigenvalue weighted by Gasteiger charge is 2.21. The summed E-state index contributed by atoms with van der Waals surface area (Å²) in [6, 6.07) is 10.7. The first-order valence-electron chi connectivity index (χ1n) is 7.97. The lowest BCUT2D eigenvalue weighted by Gasteiger charge is -2.35. The number of rotatable bonds is 4. The predicted molar refractivity (Wildman–Crippen MR) is 87.9 cm³/mol. The molecule has 112 valence electrons. The molecule has 3 nitrogen and oxygen atoms in total. The molecule has 1 saturated heterocycles. The summed E-state index contributed by atoms with van der Waals surface area (Å²) >= 11 is 0. The van der Waals surface area contributed by atoms with E-state index in [-0.39, 0.29) is 0 Å². The van der Waals surface area contributed by atoms with Crippen molar-refractivity contribution in [3.8, 4) is 0 Å². The van der Waals surface area contributed by atoms with Gasteiger partial charge in [-0.15, -0.1) is 0 Å². The maximum absolute atomic E-state index is 5.63. The van der Waals surface area contributed by atoms with Crippen LogP contribution in [0.25, 0.3) is 10.9 Å². The summed E-state index contributed by atoms with van der Waals surface area (Å²) in [4.78, 5) is 7.17. The number of aromatic nitrogens is 1. The van der Waals surface area contributed by atoms with Gasteiger partial charge in [-0.3, -0.25) is 4.98 Å². The lowest BCUT2D eigenvalue weighted by molar-refractivity contribution is 0.104. The molecule has 1 aliphatic heterocycles. The van der Waals surface area contributed by atoms with Gasteiger partial charge in [-0.25, -0.2) is 0 Å². The zero-order valence-electron chi connectivity index (χ0n) is 13.0. The Morgan fingerprint density at radius 2 is 2.19 bits per heavy atom. The molecule has 1 fully saturated rings. The van der Waals surface area contributed by atoms with Gasteiger partial charge in [-0.2, -0.15) is 0 Å². The summed E-state index contributed by atoms with van der Waals surface area (Å²) < 4.78 is 5.63. The van der Waals surface area contributed by atoms with E-state index in [1.165, 1.54) is 23.9 Å². The van der Waals surface area contributed by atoms with E-state index in [2.05, 4.69) is 54.1 Å². The maximum atomic E-state index is 5.63. The molecule has 0 bridgehead atoms. The first-order valence-corrected chi connectivity index (χ1v) is 7.97. The number of anilines is 1. The van der Waals surface area contributed by atoms with Crippen molar-refractivity contribution in [1.82, 2.24) is 4.98 Å². The standard InChI is InChI=1S/C18H24N2O/c1-3-21-13-15-7-6-10-20(12-15)18-11-14(2)19-17-9-5-4-8-16(17)18/h4-5,8-9,11,15H,3,6-7,10,12-13H2,1-2H3. The highest BCUT2D eigenvalue weighted by Crippen LogP contribution is 2.30.